The fraction of sp³-hybridized carbons (Fsp3) is 0.118. The number of rotatable bonds is 5. The van der Waals surface area contributed by atoms with Crippen LogP contribution in [-0.4, -0.2) is 20.0 Å². The van der Waals surface area contributed by atoms with Gasteiger partial charge >= 0.3 is 0 Å². The highest BCUT2D eigenvalue weighted by Gasteiger charge is 2.07. The Balaban J connectivity index is 2.24. The smallest absolute Gasteiger partial charge is 0.185 e. The molecule has 2 rings (SSSR count). The first-order chi connectivity index (χ1) is 10.5. The molecule has 0 radical (unpaired) electrons. The summed E-state index contributed by atoms with van der Waals surface area (Å²) in [5, 5.41) is 0.766. The molecule has 0 atom stereocenters. The number of benzene rings is 2. The van der Waals surface area contributed by atoms with Gasteiger partial charge in [-0.2, -0.15) is 0 Å². The molecule has 0 bridgehead atoms. The second-order valence-electron chi connectivity index (χ2n) is 4.43. The van der Waals surface area contributed by atoms with E-state index in [2.05, 4.69) is 0 Å². The quantitative estimate of drug-likeness (QED) is 0.575. The van der Waals surface area contributed by atoms with Crippen LogP contribution < -0.4 is 9.47 Å². The number of carbonyl (C=O) groups is 1. The highest BCUT2D eigenvalue weighted by molar-refractivity contribution is 6.42. The van der Waals surface area contributed by atoms with Crippen molar-refractivity contribution >= 4 is 35.1 Å². The molecule has 0 saturated heterocycles. The molecule has 0 aliphatic heterocycles. The van der Waals surface area contributed by atoms with Gasteiger partial charge in [0.1, 0.15) is 11.5 Å². The molecule has 0 N–H and O–H groups in total. The van der Waals surface area contributed by atoms with E-state index in [1.807, 2.05) is 6.07 Å². The second-order valence-corrected chi connectivity index (χ2v) is 5.25. The first-order valence-corrected chi connectivity index (χ1v) is 7.20. The number of allylic oxidation sites excluding steroid dienone is 1. The third-order valence-corrected chi connectivity index (χ3v) is 3.80. The van der Waals surface area contributed by atoms with E-state index in [1.54, 1.807) is 50.6 Å². The van der Waals surface area contributed by atoms with Gasteiger partial charge in [-0.25, -0.2) is 0 Å². The monoisotopic (exact) mass is 336 g/mol. The fourth-order valence-electron chi connectivity index (χ4n) is 1.87. The van der Waals surface area contributed by atoms with Gasteiger partial charge in [0.05, 0.1) is 24.3 Å². The Hall–Kier alpha value is -1.97. The van der Waals surface area contributed by atoms with Crippen LogP contribution in [0.25, 0.3) is 6.08 Å². The predicted molar refractivity (Wildman–Crippen MR) is 89.4 cm³/mol. The van der Waals surface area contributed by atoms with E-state index in [1.165, 1.54) is 6.08 Å². The van der Waals surface area contributed by atoms with E-state index in [4.69, 9.17) is 32.7 Å². The molecule has 0 spiro atoms. The highest BCUT2D eigenvalue weighted by Crippen LogP contribution is 2.26. The lowest BCUT2D eigenvalue weighted by molar-refractivity contribution is 0.104. The van der Waals surface area contributed by atoms with Crippen molar-refractivity contribution in [1.82, 2.24) is 0 Å². The number of halogens is 2. The molecule has 22 heavy (non-hydrogen) atoms. The van der Waals surface area contributed by atoms with Crippen LogP contribution in [0.5, 0.6) is 11.5 Å². The van der Waals surface area contributed by atoms with E-state index in [9.17, 15) is 4.79 Å². The molecule has 2 aromatic carbocycles. The summed E-state index contributed by atoms with van der Waals surface area (Å²) in [6, 6.07) is 10.1. The van der Waals surface area contributed by atoms with Gasteiger partial charge < -0.3 is 9.47 Å². The van der Waals surface area contributed by atoms with Crippen molar-refractivity contribution in [1.29, 1.82) is 0 Å². The minimum Gasteiger partial charge on any atom is -0.497 e. The number of methoxy groups -OCH3 is 2. The maximum atomic E-state index is 12.2. The van der Waals surface area contributed by atoms with E-state index in [0.29, 0.717) is 27.1 Å². The summed E-state index contributed by atoms with van der Waals surface area (Å²) in [6.45, 7) is 0. The number of ether oxygens (including phenoxy) is 2. The summed E-state index contributed by atoms with van der Waals surface area (Å²) in [5.41, 5.74) is 1.25. The van der Waals surface area contributed by atoms with Crippen molar-refractivity contribution in [3.63, 3.8) is 0 Å². The largest absolute Gasteiger partial charge is 0.497 e. The summed E-state index contributed by atoms with van der Waals surface area (Å²) in [5.74, 6) is 1.14. The van der Waals surface area contributed by atoms with Crippen molar-refractivity contribution in [3.8, 4) is 11.5 Å². The number of hydrogen-bond donors (Lipinski definition) is 0. The van der Waals surface area contributed by atoms with Crippen LogP contribution >= 0.6 is 23.2 Å². The molecule has 0 aliphatic rings. The van der Waals surface area contributed by atoms with Crippen molar-refractivity contribution in [2.75, 3.05) is 14.2 Å². The Morgan fingerprint density at radius 1 is 1.00 bits per heavy atom. The Morgan fingerprint density at radius 2 is 1.77 bits per heavy atom. The Bertz CT molecular complexity index is 724. The van der Waals surface area contributed by atoms with Crippen molar-refractivity contribution in [3.05, 3.63) is 63.6 Å². The van der Waals surface area contributed by atoms with Gasteiger partial charge in [0.15, 0.2) is 5.78 Å². The molecule has 2 aromatic rings. The fourth-order valence-corrected chi connectivity index (χ4v) is 2.17. The van der Waals surface area contributed by atoms with Crippen molar-refractivity contribution in [2.24, 2.45) is 0 Å². The molecule has 5 heteroatoms. The highest BCUT2D eigenvalue weighted by atomic mass is 35.5. The van der Waals surface area contributed by atoms with Gasteiger partial charge in [0.2, 0.25) is 0 Å². The second kappa shape index (κ2) is 7.34. The molecule has 114 valence electrons. The molecule has 0 amide bonds. The van der Waals surface area contributed by atoms with Gasteiger partial charge in [-0.1, -0.05) is 23.2 Å². The van der Waals surface area contributed by atoms with Crippen LogP contribution in [0.1, 0.15) is 15.9 Å². The molecular formula is C17H14Cl2O3. The van der Waals surface area contributed by atoms with Crippen LogP contribution in [0.2, 0.25) is 10.0 Å². The van der Waals surface area contributed by atoms with Gasteiger partial charge in [-0.3, -0.25) is 4.79 Å². The van der Waals surface area contributed by atoms with E-state index >= 15 is 0 Å². The number of ketones is 1. The topological polar surface area (TPSA) is 35.5 Å². The molecule has 0 aliphatic carbocycles. The average molecular weight is 337 g/mol. The maximum Gasteiger partial charge on any atom is 0.185 e. The van der Waals surface area contributed by atoms with Gasteiger partial charge in [0.25, 0.3) is 0 Å². The molecule has 0 unspecified atom stereocenters. The zero-order valence-corrected chi connectivity index (χ0v) is 13.6. The Kier molecular flexibility index (Phi) is 5.47. The van der Waals surface area contributed by atoms with Crippen LogP contribution in [0.3, 0.4) is 0 Å². The van der Waals surface area contributed by atoms with Crippen LogP contribution in [-0.2, 0) is 0 Å². The zero-order valence-electron chi connectivity index (χ0n) is 12.1. The summed E-state index contributed by atoms with van der Waals surface area (Å²) >= 11 is 11.8. The lowest BCUT2D eigenvalue weighted by Crippen LogP contribution is -1.94. The number of hydrogen-bond acceptors (Lipinski definition) is 3. The van der Waals surface area contributed by atoms with Gasteiger partial charge in [-0.05, 0) is 42.5 Å². The summed E-state index contributed by atoms with van der Waals surface area (Å²) in [6.07, 6.45) is 3.15. The SMILES string of the molecule is COc1ccc(/C=C/C(=O)c2ccc(Cl)c(Cl)c2)c(OC)c1. The van der Waals surface area contributed by atoms with Crippen molar-refractivity contribution < 1.29 is 14.3 Å². The maximum absolute atomic E-state index is 12.2. The van der Waals surface area contributed by atoms with Crippen LogP contribution in [0.4, 0.5) is 0 Å². The standard InChI is InChI=1S/C17H14Cl2O3/c1-21-13-6-3-11(17(10-13)22-2)5-8-16(20)12-4-7-14(18)15(19)9-12/h3-10H,1-2H3/b8-5+. The normalized spacial score (nSPS) is 10.7. The molecule has 0 aromatic heterocycles. The van der Waals surface area contributed by atoms with E-state index in [0.717, 1.165) is 5.56 Å². The summed E-state index contributed by atoms with van der Waals surface area (Å²) in [4.78, 5) is 12.2. The Labute approximate surface area is 139 Å². The molecule has 0 saturated carbocycles. The third-order valence-electron chi connectivity index (χ3n) is 3.06. The lowest BCUT2D eigenvalue weighted by atomic mass is 10.1. The zero-order chi connectivity index (χ0) is 16.1. The van der Waals surface area contributed by atoms with Gasteiger partial charge in [-0.15, -0.1) is 0 Å². The first-order valence-electron chi connectivity index (χ1n) is 6.44. The van der Waals surface area contributed by atoms with Crippen LogP contribution in [0.15, 0.2) is 42.5 Å². The summed E-state index contributed by atoms with van der Waals surface area (Å²) < 4.78 is 10.4. The molecular weight excluding hydrogens is 323 g/mol. The Morgan fingerprint density at radius 3 is 2.41 bits per heavy atom. The third kappa shape index (κ3) is 3.81. The predicted octanol–water partition coefficient (Wildman–Crippen LogP) is 4.91. The number of carbonyl (C=O) groups excluding carboxylic acids is 1. The minimum absolute atomic E-state index is 0.170. The minimum atomic E-state index is -0.170. The lowest BCUT2D eigenvalue weighted by Gasteiger charge is -2.07. The average Bonchev–Trinajstić information content (AvgIpc) is 2.54. The van der Waals surface area contributed by atoms with Crippen LogP contribution in [0, 0.1) is 0 Å². The van der Waals surface area contributed by atoms with Crippen molar-refractivity contribution in [2.45, 2.75) is 0 Å². The molecule has 3 nitrogen and oxygen atoms in total. The van der Waals surface area contributed by atoms with E-state index in [-0.39, 0.29) is 5.78 Å². The van der Waals surface area contributed by atoms with Gasteiger partial charge in [0, 0.05) is 17.2 Å². The van der Waals surface area contributed by atoms with E-state index < -0.39 is 0 Å². The first kappa shape index (κ1) is 16.4. The summed E-state index contributed by atoms with van der Waals surface area (Å²) in [7, 11) is 3.14. The molecule has 0 heterocycles. The molecule has 0 fully saturated rings.